The highest BCUT2D eigenvalue weighted by atomic mass is 14.7. The van der Waals surface area contributed by atoms with Gasteiger partial charge in [0, 0.05) is 6.20 Å². The van der Waals surface area contributed by atoms with Crippen molar-refractivity contribution in [3.63, 3.8) is 0 Å². The van der Waals surface area contributed by atoms with Gasteiger partial charge in [0.05, 0.1) is 5.71 Å². The van der Waals surface area contributed by atoms with Crippen molar-refractivity contribution in [3.8, 4) is 0 Å². The first-order valence-electron chi connectivity index (χ1n) is 4.65. The van der Waals surface area contributed by atoms with Gasteiger partial charge in [-0.2, -0.15) is 0 Å². The minimum absolute atomic E-state index is 0.493. The molecule has 0 rings (SSSR count). The Morgan fingerprint density at radius 1 is 1.31 bits per heavy atom. The molecule has 0 atom stereocenters. The summed E-state index contributed by atoms with van der Waals surface area (Å²) >= 11 is 0. The van der Waals surface area contributed by atoms with Crippen LogP contribution in [0.15, 0.2) is 41.6 Å². The molecular weight excluding hydrogens is 158 g/mol. The molecule has 0 bridgehead atoms. The normalized spacial score (nSPS) is 14.2. The van der Waals surface area contributed by atoms with Crippen LogP contribution in [0.3, 0.4) is 0 Å². The van der Waals surface area contributed by atoms with Crippen molar-refractivity contribution >= 4 is 5.71 Å². The van der Waals surface area contributed by atoms with Gasteiger partial charge in [-0.15, -0.1) is 0 Å². The molecule has 0 aliphatic heterocycles. The van der Waals surface area contributed by atoms with Crippen molar-refractivity contribution in [2.45, 2.75) is 27.7 Å². The number of hydrogen-bond donors (Lipinski definition) is 0. The molecule has 0 aromatic rings. The Kier molecular flexibility index (Phi) is 5.86. The van der Waals surface area contributed by atoms with Crippen LogP contribution in [0.25, 0.3) is 0 Å². The zero-order chi connectivity index (χ0) is 10.3. The van der Waals surface area contributed by atoms with Gasteiger partial charge < -0.3 is 0 Å². The van der Waals surface area contributed by atoms with Gasteiger partial charge in [-0.3, -0.25) is 4.99 Å². The highest BCUT2D eigenvalue weighted by Crippen LogP contribution is 2.12. The van der Waals surface area contributed by atoms with E-state index in [2.05, 4.69) is 31.5 Å². The molecule has 0 fully saturated rings. The van der Waals surface area contributed by atoms with Crippen LogP contribution in [0.2, 0.25) is 0 Å². The maximum atomic E-state index is 4.30. The number of rotatable bonds is 4. The largest absolute Gasteiger partial charge is 0.257 e. The number of hydrogen-bond acceptors (Lipinski definition) is 1. The zero-order valence-corrected chi connectivity index (χ0v) is 9.04. The summed E-state index contributed by atoms with van der Waals surface area (Å²) in [4.78, 5) is 4.30. The minimum Gasteiger partial charge on any atom is -0.257 e. The molecule has 0 heterocycles. The quantitative estimate of drug-likeness (QED) is 0.580. The summed E-state index contributed by atoms with van der Waals surface area (Å²) in [6.45, 7) is 12.1. The van der Waals surface area contributed by atoms with Gasteiger partial charge in [-0.05, 0) is 31.4 Å². The van der Waals surface area contributed by atoms with Crippen molar-refractivity contribution in [3.05, 3.63) is 36.6 Å². The Labute approximate surface area is 81.6 Å². The van der Waals surface area contributed by atoms with Gasteiger partial charge in [-0.1, -0.05) is 32.6 Å². The zero-order valence-electron chi connectivity index (χ0n) is 9.04. The monoisotopic (exact) mass is 177 g/mol. The van der Waals surface area contributed by atoms with Crippen molar-refractivity contribution in [1.82, 2.24) is 0 Å². The van der Waals surface area contributed by atoms with Gasteiger partial charge in [0.25, 0.3) is 0 Å². The first-order chi connectivity index (χ1) is 6.17. The third-order valence-corrected chi connectivity index (χ3v) is 1.78. The topological polar surface area (TPSA) is 12.4 Å². The average Bonchev–Trinajstić information content (AvgIpc) is 2.11. The van der Waals surface area contributed by atoms with Crippen molar-refractivity contribution in [2.75, 3.05) is 0 Å². The Morgan fingerprint density at radius 3 is 2.23 bits per heavy atom. The van der Waals surface area contributed by atoms with Gasteiger partial charge in [-0.25, -0.2) is 0 Å². The predicted molar refractivity (Wildman–Crippen MR) is 61.0 cm³/mol. The fourth-order valence-corrected chi connectivity index (χ4v) is 1.18. The fraction of sp³-hybridized carbons (Fsp3) is 0.417. The second-order valence-corrected chi connectivity index (χ2v) is 3.10. The van der Waals surface area contributed by atoms with E-state index in [1.54, 1.807) is 12.3 Å². The first-order valence-corrected chi connectivity index (χ1v) is 4.65. The third-order valence-electron chi connectivity index (χ3n) is 1.78. The van der Waals surface area contributed by atoms with E-state index in [1.165, 1.54) is 5.57 Å². The van der Waals surface area contributed by atoms with Crippen LogP contribution in [-0.4, -0.2) is 5.71 Å². The maximum absolute atomic E-state index is 4.30. The van der Waals surface area contributed by atoms with Crippen LogP contribution in [0.1, 0.15) is 27.7 Å². The SMILES string of the molecule is C=CC(=N\C=C\C)/C(=C\C)C(C)C. The average molecular weight is 177 g/mol. The van der Waals surface area contributed by atoms with Crippen molar-refractivity contribution in [1.29, 1.82) is 0 Å². The Bertz CT molecular complexity index is 242. The molecule has 0 N–H and O–H groups in total. The van der Waals surface area contributed by atoms with E-state index < -0.39 is 0 Å². The summed E-state index contributed by atoms with van der Waals surface area (Å²) in [6.07, 6.45) is 7.60. The minimum atomic E-state index is 0.493. The summed E-state index contributed by atoms with van der Waals surface area (Å²) in [6, 6.07) is 0. The molecule has 0 aliphatic rings. The molecule has 0 amide bonds. The molecule has 1 nitrogen and oxygen atoms in total. The van der Waals surface area contributed by atoms with E-state index in [-0.39, 0.29) is 0 Å². The molecule has 0 unspecified atom stereocenters. The number of nitrogens with zero attached hydrogens (tertiary/aromatic N) is 1. The molecule has 0 aromatic heterocycles. The van der Waals surface area contributed by atoms with Crippen LogP contribution in [0, 0.1) is 5.92 Å². The van der Waals surface area contributed by atoms with Crippen LogP contribution in [0.5, 0.6) is 0 Å². The first kappa shape index (κ1) is 11.9. The lowest BCUT2D eigenvalue weighted by atomic mass is 9.98. The number of aliphatic imine (C=N–C) groups is 1. The lowest BCUT2D eigenvalue weighted by molar-refractivity contribution is 0.801. The maximum Gasteiger partial charge on any atom is 0.0654 e. The van der Waals surface area contributed by atoms with Crippen LogP contribution in [0.4, 0.5) is 0 Å². The van der Waals surface area contributed by atoms with E-state index in [1.807, 2.05) is 19.9 Å². The highest BCUT2D eigenvalue weighted by molar-refractivity contribution is 6.08. The molecule has 0 saturated heterocycles. The summed E-state index contributed by atoms with van der Waals surface area (Å²) < 4.78 is 0. The molecule has 0 radical (unpaired) electrons. The van der Waals surface area contributed by atoms with Gasteiger partial charge in [0.2, 0.25) is 0 Å². The molecule has 0 saturated carbocycles. The van der Waals surface area contributed by atoms with Crippen molar-refractivity contribution in [2.24, 2.45) is 10.9 Å². The molecule has 0 aromatic carbocycles. The predicted octanol–water partition coefficient (Wildman–Crippen LogP) is 3.75. The molecule has 0 aliphatic carbocycles. The lowest BCUT2D eigenvalue weighted by Gasteiger charge is -2.09. The van der Waals surface area contributed by atoms with Crippen LogP contribution >= 0.6 is 0 Å². The van der Waals surface area contributed by atoms with Crippen LogP contribution < -0.4 is 0 Å². The molecule has 1 heteroatoms. The fourth-order valence-electron chi connectivity index (χ4n) is 1.18. The summed E-state index contributed by atoms with van der Waals surface area (Å²) in [5.74, 6) is 0.493. The van der Waals surface area contributed by atoms with E-state index in [9.17, 15) is 0 Å². The summed E-state index contributed by atoms with van der Waals surface area (Å²) in [7, 11) is 0. The Balaban J connectivity index is 4.85. The molecule has 0 spiro atoms. The van der Waals surface area contributed by atoms with Gasteiger partial charge in [0.15, 0.2) is 0 Å². The second-order valence-electron chi connectivity index (χ2n) is 3.10. The molecular formula is C12H19N. The number of allylic oxidation sites excluding steroid dienone is 4. The van der Waals surface area contributed by atoms with Crippen molar-refractivity contribution < 1.29 is 0 Å². The van der Waals surface area contributed by atoms with Gasteiger partial charge in [0.1, 0.15) is 0 Å². The Hall–Kier alpha value is -1.11. The highest BCUT2D eigenvalue weighted by Gasteiger charge is 2.05. The summed E-state index contributed by atoms with van der Waals surface area (Å²) in [5, 5.41) is 0. The Morgan fingerprint density at radius 2 is 1.92 bits per heavy atom. The van der Waals surface area contributed by atoms with E-state index >= 15 is 0 Å². The molecule has 13 heavy (non-hydrogen) atoms. The third kappa shape index (κ3) is 3.88. The smallest absolute Gasteiger partial charge is 0.0654 e. The lowest BCUT2D eigenvalue weighted by Crippen LogP contribution is -2.05. The van der Waals surface area contributed by atoms with E-state index in [0.29, 0.717) is 5.92 Å². The second kappa shape index (κ2) is 6.41. The van der Waals surface area contributed by atoms with E-state index in [0.717, 1.165) is 5.71 Å². The summed E-state index contributed by atoms with van der Waals surface area (Å²) in [5.41, 5.74) is 2.21. The van der Waals surface area contributed by atoms with Crippen LogP contribution in [-0.2, 0) is 0 Å². The van der Waals surface area contributed by atoms with E-state index in [4.69, 9.17) is 0 Å². The standard InChI is InChI=1S/C12H19N/c1-6-9-13-12(8-3)11(7-2)10(4)5/h6-10H,3H2,1-2,4-5H3/b9-6+,11-7-,13-12+. The van der Waals surface area contributed by atoms with Gasteiger partial charge >= 0.3 is 0 Å². The molecule has 72 valence electrons.